The molecule has 3 heteroatoms. The van der Waals surface area contributed by atoms with E-state index in [1.54, 1.807) is 0 Å². The van der Waals surface area contributed by atoms with Gasteiger partial charge in [0.15, 0.2) is 6.29 Å². The average Bonchev–Trinajstić information content (AvgIpc) is 2.83. The van der Waals surface area contributed by atoms with Crippen molar-refractivity contribution in [3.05, 3.63) is 35.4 Å². The van der Waals surface area contributed by atoms with Gasteiger partial charge in [-0.3, -0.25) is 0 Å². The van der Waals surface area contributed by atoms with Gasteiger partial charge in [-0.05, 0) is 18.4 Å². The highest BCUT2D eigenvalue weighted by Crippen LogP contribution is 2.24. The Morgan fingerprint density at radius 1 is 1.19 bits per heavy atom. The van der Waals surface area contributed by atoms with Crippen molar-refractivity contribution in [2.45, 2.75) is 31.9 Å². The summed E-state index contributed by atoms with van der Waals surface area (Å²) in [5, 5.41) is 0. The summed E-state index contributed by atoms with van der Waals surface area (Å²) in [7, 11) is 2.23. The third-order valence-corrected chi connectivity index (χ3v) is 2.91. The predicted octanol–water partition coefficient (Wildman–Crippen LogP) is 2.11. The summed E-state index contributed by atoms with van der Waals surface area (Å²) in [6.07, 6.45) is 4.88. The van der Waals surface area contributed by atoms with E-state index in [0.717, 1.165) is 12.0 Å². The molecule has 0 aliphatic carbocycles. The number of benzene rings is 1. The van der Waals surface area contributed by atoms with Crippen LogP contribution in [-0.4, -0.2) is 21.1 Å². The van der Waals surface area contributed by atoms with Crippen LogP contribution >= 0.6 is 0 Å². The van der Waals surface area contributed by atoms with E-state index >= 15 is 0 Å². The molecule has 0 aromatic heterocycles. The normalized spacial score (nSPS) is 16.8. The highest BCUT2D eigenvalue weighted by Gasteiger charge is 2.17. The molecule has 1 saturated heterocycles. The van der Waals surface area contributed by atoms with Gasteiger partial charge in [0.1, 0.15) is 7.85 Å². The number of aryl methyl sites for hydroxylation is 1. The zero-order valence-electron chi connectivity index (χ0n) is 9.95. The molecule has 1 aliphatic rings. The molecule has 1 aliphatic heterocycles. The lowest BCUT2D eigenvalue weighted by atomic mass is 9.97. The first kappa shape index (κ1) is 11.7. The molecule has 0 N–H and O–H groups in total. The van der Waals surface area contributed by atoms with Gasteiger partial charge in [-0.2, -0.15) is 0 Å². The van der Waals surface area contributed by atoms with Crippen molar-refractivity contribution in [3.8, 4) is 0 Å². The molecule has 0 amide bonds. The Morgan fingerprint density at radius 3 is 2.75 bits per heavy atom. The first-order valence-corrected chi connectivity index (χ1v) is 6.22. The van der Waals surface area contributed by atoms with Crippen LogP contribution in [0.25, 0.3) is 0 Å². The van der Waals surface area contributed by atoms with Gasteiger partial charge in [-0.25, -0.2) is 0 Å². The van der Waals surface area contributed by atoms with E-state index in [9.17, 15) is 0 Å². The van der Waals surface area contributed by atoms with E-state index in [4.69, 9.17) is 9.47 Å². The standard InChI is InChI=1S/C13H19BO2/c14-7-2-1-4-11-5-3-6-12(10-11)13-15-8-9-16-13/h3,5-6,10,13H,1-2,4,7-9,14H2. The summed E-state index contributed by atoms with van der Waals surface area (Å²) < 4.78 is 11.0. The lowest BCUT2D eigenvalue weighted by molar-refractivity contribution is -0.0441. The Balaban J connectivity index is 1.95. The molecule has 86 valence electrons. The second-order valence-corrected chi connectivity index (χ2v) is 4.28. The molecule has 2 nitrogen and oxygen atoms in total. The van der Waals surface area contributed by atoms with Crippen LogP contribution in [0.15, 0.2) is 24.3 Å². The van der Waals surface area contributed by atoms with Gasteiger partial charge in [0.05, 0.1) is 13.2 Å². The first-order chi connectivity index (χ1) is 7.90. The van der Waals surface area contributed by atoms with Crippen LogP contribution < -0.4 is 0 Å². The van der Waals surface area contributed by atoms with Crippen molar-refractivity contribution < 1.29 is 9.47 Å². The second kappa shape index (κ2) is 6.07. The highest BCUT2D eigenvalue weighted by atomic mass is 16.7. The van der Waals surface area contributed by atoms with Gasteiger partial charge in [0.25, 0.3) is 0 Å². The van der Waals surface area contributed by atoms with Crippen molar-refractivity contribution in [3.63, 3.8) is 0 Å². The predicted molar refractivity (Wildman–Crippen MR) is 67.4 cm³/mol. The van der Waals surface area contributed by atoms with Crippen LogP contribution in [0.3, 0.4) is 0 Å². The molecule has 1 fully saturated rings. The molecular weight excluding hydrogens is 199 g/mol. The summed E-state index contributed by atoms with van der Waals surface area (Å²) in [5.74, 6) is 0. The maximum atomic E-state index is 5.50. The Bertz CT molecular complexity index is 321. The number of ether oxygens (including phenoxy) is 2. The van der Waals surface area contributed by atoms with E-state index in [-0.39, 0.29) is 6.29 Å². The lowest BCUT2D eigenvalue weighted by Crippen LogP contribution is -1.98. The van der Waals surface area contributed by atoms with Crippen molar-refractivity contribution in [1.82, 2.24) is 0 Å². The Labute approximate surface area is 98.4 Å². The molecule has 2 rings (SSSR count). The minimum Gasteiger partial charge on any atom is -0.346 e. The third-order valence-electron chi connectivity index (χ3n) is 2.91. The maximum Gasteiger partial charge on any atom is 0.184 e. The molecule has 0 radical (unpaired) electrons. The lowest BCUT2D eigenvalue weighted by Gasteiger charge is -2.10. The fourth-order valence-electron chi connectivity index (χ4n) is 2.03. The Hall–Kier alpha value is -0.795. The largest absolute Gasteiger partial charge is 0.346 e. The SMILES string of the molecule is BCCCCc1cccc(C2OCCO2)c1. The molecule has 0 atom stereocenters. The van der Waals surface area contributed by atoms with E-state index < -0.39 is 0 Å². The fraction of sp³-hybridized carbons (Fsp3) is 0.538. The monoisotopic (exact) mass is 218 g/mol. The van der Waals surface area contributed by atoms with Crippen LogP contribution in [0.5, 0.6) is 0 Å². The molecular formula is C13H19BO2. The van der Waals surface area contributed by atoms with Gasteiger partial charge >= 0.3 is 0 Å². The topological polar surface area (TPSA) is 18.5 Å². The first-order valence-electron chi connectivity index (χ1n) is 6.22. The van der Waals surface area contributed by atoms with Crippen molar-refractivity contribution in [1.29, 1.82) is 0 Å². The molecule has 1 aromatic carbocycles. The zero-order valence-corrected chi connectivity index (χ0v) is 9.95. The van der Waals surface area contributed by atoms with Gasteiger partial charge in [0, 0.05) is 5.56 Å². The van der Waals surface area contributed by atoms with E-state index in [0.29, 0.717) is 13.2 Å². The van der Waals surface area contributed by atoms with Gasteiger partial charge in [-0.1, -0.05) is 37.0 Å². The second-order valence-electron chi connectivity index (χ2n) is 4.28. The smallest absolute Gasteiger partial charge is 0.184 e. The van der Waals surface area contributed by atoms with E-state index in [1.165, 1.54) is 24.7 Å². The molecule has 1 aromatic rings. The number of unbranched alkanes of at least 4 members (excludes halogenated alkanes) is 1. The molecule has 0 spiro atoms. The Morgan fingerprint density at radius 2 is 2.00 bits per heavy atom. The quantitative estimate of drug-likeness (QED) is 0.556. The van der Waals surface area contributed by atoms with E-state index in [1.807, 2.05) is 0 Å². The summed E-state index contributed by atoms with van der Waals surface area (Å²) in [4.78, 5) is 0. The third kappa shape index (κ3) is 3.10. The number of hydrogen-bond acceptors (Lipinski definition) is 2. The van der Waals surface area contributed by atoms with Gasteiger partial charge < -0.3 is 9.47 Å². The zero-order chi connectivity index (χ0) is 11.2. The summed E-state index contributed by atoms with van der Waals surface area (Å²) in [6, 6.07) is 8.58. The van der Waals surface area contributed by atoms with Crippen LogP contribution in [-0.2, 0) is 15.9 Å². The highest BCUT2D eigenvalue weighted by molar-refractivity contribution is 6.08. The number of hydrogen-bond donors (Lipinski definition) is 0. The van der Waals surface area contributed by atoms with Crippen LogP contribution in [0.1, 0.15) is 30.3 Å². The minimum absolute atomic E-state index is 0.133. The average molecular weight is 218 g/mol. The molecule has 0 unspecified atom stereocenters. The minimum atomic E-state index is -0.133. The summed E-state index contributed by atoms with van der Waals surface area (Å²) >= 11 is 0. The van der Waals surface area contributed by atoms with Crippen LogP contribution in [0.2, 0.25) is 6.32 Å². The van der Waals surface area contributed by atoms with Crippen molar-refractivity contribution in [2.24, 2.45) is 0 Å². The summed E-state index contributed by atoms with van der Waals surface area (Å²) in [5.41, 5.74) is 2.55. The van der Waals surface area contributed by atoms with Crippen molar-refractivity contribution in [2.75, 3.05) is 13.2 Å². The van der Waals surface area contributed by atoms with Crippen LogP contribution in [0.4, 0.5) is 0 Å². The summed E-state index contributed by atoms with van der Waals surface area (Å²) in [6.45, 7) is 1.43. The van der Waals surface area contributed by atoms with E-state index in [2.05, 4.69) is 32.1 Å². The fourth-order valence-corrected chi connectivity index (χ4v) is 2.03. The molecule has 0 saturated carbocycles. The van der Waals surface area contributed by atoms with Crippen molar-refractivity contribution >= 4 is 7.85 Å². The molecule has 1 heterocycles. The molecule has 0 bridgehead atoms. The number of rotatable bonds is 5. The van der Waals surface area contributed by atoms with Gasteiger partial charge in [0.2, 0.25) is 0 Å². The molecule has 16 heavy (non-hydrogen) atoms. The maximum absolute atomic E-state index is 5.50. The Kier molecular flexibility index (Phi) is 4.43. The van der Waals surface area contributed by atoms with Crippen LogP contribution in [0, 0.1) is 0 Å². The van der Waals surface area contributed by atoms with Gasteiger partial charge in [-0.15, -0.1) is 0 Å².